The number of carbonyl (C=O) groups excluding carboxylic acids is 3. The van der Waals surface area contributed by atoms with Crippen molar-refractivity contribution >= 4 is 24.1 Å². The van der Waals surface area contributed by atoms with E-state index in [1.807, 2.05) is 44.2 Å². The maximum Gasteiger partial charge on any atom is 0.329 e. The Hall–Kier alpha value is -3.72. The number of rotatable bonds is 9. The molecule has 198 valence electrons. The van der Waals surface area contributed by atoms with Gasteiger partial charge < -0.3 is 14.6 Å². The third-order valence-corrected chi connectivity index (χ3v) is 6.22. The summed E-state index contributed by atoms with van der Waals surface area (Å²) in [6, 6.07) is 14.9. The van der Waals surface area contributed by atoms with Crippen molar-refractivity contribution in [3.8, 4) is 0 Å². The van der Waals surface area contributed by atoms with E-state index in [1.165, 1.54) is 11.1 Å². The maximum absolute atomic E-state index is 14.2. The Kier molecular flexibility index (Phi) is 8.38. The van der Waals surface area contributed by atoms with Crippen LogP contribution in [0.5, 0.6) is 0 Å². The molecule has 0 aromatic heterocycles. The smallest absolute Gasteiger partial charge is 0.329 e. The zero-order valence-electron chi connectivity index (χ0n) is 22.3. The number of amides is 3. The SMILES string of the molecule is CC(C)C[C@H](C(=O)OC(C)(C)C)N1C(=O)N(Cc2ccccc2)[C@@](C)(c2ccc(C=NON)cc2)C1=O. The van der Waals surface area contributed by atoms with Crippen LogP contribution >= 0.6 is 0 Å². The van der Waals surface area contributed by atoms with Crippen LogP contribution in [0.4, 0.5) is 4.79 Å². The summed E-state index contributed by atoms with van der Waals surface area (Å²) in [7, 11) is 0. The van der Waals surface area contributed by atoms with Gasteiger partial charge in [-0.2, -0.15) is 0 Å². The average molecular weight is 509 g/mol. The fourth-order valence-corrected chi connectivity index (χ4v) is 4.41. The largest absolute Gasteiger partial charge is 0.458 e. The number of urea groups is 1. The van der Waals surface area contributed by atoms with Crippen molar-refractivity contribution in [2.75, 3.05) is 0 Å². The van der Waals surface area contributed by atoms with Crippen molar-refractivity contribution in [1.82, 2.24) is 9.80 Å². The van der Waals surface area contributed by atoms with E-state index in [9.17, 15) is 14.4 Å². The third kappa shape index (κ3) is 6.17. The fraction of sp³-hybridized carbons (Fsp3) is 0.429. The number of nitrogens with zero attached hydrogens (tertiary/aromatic N) is 3. The highest BCUT2D eigenvalue weighted by molar-refractivity contribution is 6.09. The van der Waals surface area contributed by atoms with Crippen molar-refractivity contribution in [2.45, 2.75) is 71.7 Å². The van der Waals surface area contributed by atoms with E-state index in [4.69, 9.17) is 10.6 Å². The van der Waals surface area contributed by atoms with Crippen LogP contribution in [0.2, 0.25) is 0 Å². The normalized spacial score (nSPS) is 19.1. The zero-order valence-corrected chi connectivity index (χ0v) is 22.3. The molecular weight excluding hydrogens is 472 g/mol. The number of oxime groups is 1. The van der Waals surface area contributed by atoms with Crippen LogP contribution in [0.1, 0.15) is 64.7 Å². The summed E-state index contributed by atoms with van der Waals surface area (Å²) in [5, 5.41) is 3.56. The summed E-state index contributed by atoms with van der Waals surface area (Å²) in [6.07, 6.45) is 1.72. The predicted octanol–water partition coefficient (Wildman–Crippen LogP) is 4.35. The first-order valence-electron chi connectivity index (χ1n) is 12.3. The van der Waals surface area contributed by atoms with Gasteiger partial charge in [0.1, 0.15) is 17.2 Å². The predicted molar refractivity (Wildman–Crippen MR) is 140 cm³/mol. The molecule has 0 radical (unpaired) electrons. The molecule has 9 heteroatoms. The van der Waals surface area contributed by atoms with Crippen LogP contribution in [0.15, 0.2) is 59.8 Å². The molecule has 2 aromatic carbocycles. The topological polar surface area (TPSA) is 115 Å². The second-order valence-corrected chi connectivity index (χ2v) is 10.7. The minimum absolute atomic E-state index is 0.0379. The minimum atomic E-state index is -1.36. The van der Waals surface area contributed by atoms with Gasteiger partial charge in [-0.05, 0) is 56.7 Å². The highest BCUT2D eigenvalue weighted by Crippen LogP contribution is 2.40. The second-order valence-electron chi connectivity index (χ2n) is 10.7. The van der Waals surface area contributed by atoms with Crippen LogP contribution in [-0.4, -0.2) is 45.6 Å². The first-order chi connectivity index (χ1) is 17.4. The Balaban J connectivity index is 2.10. The fourth-order valence-electron chi connectivity index (χ4n) is 4.41. The number of benzene rings is 2. The molecule has 37 heavy (non-hydrogen) atoms. The summed E-state index contributed by atoms with van der Waals surface area (Å²) in [5.74, 6) is 3.93. The number of ether oxygens (including phenoxy) is 1. The van der Waals surface area contributed by atoms with Crippen LogP contribution in [-0.2, 0) is 31.3 Å². The minimum Gasteiger partial charge on any atom is -0.458 e. The monoisotopic (exact) mass is 508 g/mol. The Bertz CT molecular complexity index is 1140. The van der Waals surface area contributed by atoms with Gasteiger partial charge in [0.25, 0.3) is 5.91 Å². The molecular formula is C28H36N4O5. The lowest BCUT2D eigenvalue weighted by Gasteiger charge is -2.32. The Morgan fingerprint density at radius 1 is 1.08 bits per heavy atom. The first-order valence-corrected chi connectivity index (χ1v) is 12.3. The highest BCUT2D eigenvalue weighted by atomic mass is 16.7. The molecule has 2 N–H and O–H groups in total. The molecule has 0 unspecified atom stereocenters. The average Bonchev–Trinajstić information content (AvgIpc) is 3.02. The molecule has 9 nitrogen and oxygen atoms in total. The van der Waals surface area contributed by atoms with Gasteiger partial charge in [-0.1, -0.05) is 73.6 Å². The molecule has 1 fully saturated rings. The summed E-state index contributed by atoms with van der Waals surface area (Å²) in [6.45, 7) is 11.1. The number of imide groups is 1. The number of nitrogens with two attached hydrogens (primary N) is 1. The highest BCUT2D eigenvalue weighted by Gasteiger charge is 2.58. The maximum atomic E-state index is 14.2. The summed E-state index contributed by atoms with van der Waals surface area (Å²) < 4.78 is 5.65. The summed E-state index contributed by atoms with van der Waals surface area (Å²) >= 11 is 0. The molecule has 1 heterocycles. The Morgan fingerprint density at radius 2 is 1.70 bits per heavy atom. The number of hydrogen-bond acceptors (Lipinski definition) is 7. The molecule has 0 bridgehead atoms. The molecule has 2 aromatic rings. The number of carbonyl (C=O) groups is 3. The van der Waals surface area contributed by atoms with Gasteiger partial charge in [0.15, 0.2) is 0 Å². The number of hydrogen-bond donors (Lipinski definition) is 1. The van der Waals surface area contributed by atoms with E-state index in [2.05, 4.69) is 10.1 Å². The molecule has 3 amide bonds. The van der Waals surface area contributed by atoms with Crippen LogP contribution in [0.25, 0.3) is 0 Å². The lowest BCUT2D eigenvalue weighted by atomic mass is 9.89. The van der Waals surface area contributed by atoms with Gasteiger partial charge in [-0.25, -0.2) is 14.5 Å². The molecule has 0 aliphatic carbocycles. The second kappa shape index (κ2) is 11.1. The van der Waals surface area contributed by atoms with Crippen LogP contribution in [0, 0.1) is 5.92 Å². The molecule has 0 spiro atoms. The Morgan fingerprint density at radius 3 is 2.24 bits per heavy atom. The quantitative estimate of drug-likeness (QED) is 0.233. The van der Waals surface area contributed by atoms with Crippen LogP contribution < -0.4 is 5.90 Å². The van der Waals surface area contributed by atoms with E-state index >= 15 is 0 Å². The number of esters is 1. The standard InChI is InChI=1S/C28H36N4O5/c1-19(2)16-23(24(33)36-27(3,4)5)32-25(34)28(6,22-14-12-20(13-15-22)17-30-37-29)31(26(32)35)18-21-10-8-7-9-11-21/h7-15,17,19,23H,16,18,29H2,1-6H3/t23-,28+/m1/s1. The van der Waals surface area contributed by atoms with Gasteiger partial charge in [-0.15, -0.1) is 5.90 Å². The molecule has 3 rings (SSSR count). The molecule has 1 saturated heterocycles. The van der Waals surface area contributed by atoms with Gasteiger partial charge in [0.05, 0.1) is 6.21 Å². The van der Waals surface area contributed by atoms with E-state index in [-0.39, 0.29) is 18.9 Å². The van der Waals surface area contributed by atoms with Crippen LogP contribution in [0.3, 0.4) is 0 Å². The molecule has 0 saturated carbocycles. The molecule has 1 aliphatic rings. The van der Waals surface area contributed by atoms with Gasteiger partial charge in [0.2, 0.25) is 0 Å². The molecule has 1 aliphatic heterocycles. The van der Waals surface area contributed by atoms with E-state index in [1.54, 1.807) is 52.0 Å². The third-order valence-electron chi connectivity index (χ3n) is 6.22. The van der Waals surface area contributed by atoms with Crippen molar-refractivity contribution in [3.05, 3.63) is 71.3 Å². The van der Waals surface area contributed by atoms with Crippen molar-refractivity contribution in [1.29, 1.82) is 0 Å². The van der Waals surface area contributed by atoms with Crippen molar-refractivity contribution < 1.29 is 24.1 Å². The van der Waals surface area contributed by atoms with Gasteiger partial charge >= 0.3 is 12.0 Å². The first kappa shape index (κ1) is 27.9. The van der Waals surface area contributed by atoms with E-state index in [0.29, 0.717) is 11.1 Å². The van der Waals surface area contributed by atoms with Crippen molar-refractivity contribution in [2.24, 2.45) is 17.0 Å². The Labute approximate surface area is 218 Å². The van der Waals surface area contributed by atoms with Gasteiger partial charge in [0, 0.05) is 6.54 Å². The van der Waals surface area contributed by atoms with Gasteiger partial charge in [-0.3, -0.25) is 4.79 Å². The zero-order chi connectivity index (χ0) is 27.4. The van der Waals surface area contributed by atoms with Crippen molar-refractivity contribution in [3.63, 3.8) is 0 Å². The van der Waals surface area contributed by atoms with E-state index in [0.717, 1.165) is 10.5 Å². The lowest BCUT2D eigenvalue weighted by molar-refractivity contribution is -0.163. The van der Waals surface area contributed by atoms with E-state index < -0.39 is 35.1 Å². The summed E-state index contributed by atoms with van der Waals surface area (Å²) in [4.78, 5) is 48.3. The molecule has 2 atom stereocenters. The summed E-state index contributed by atoms with van der Waals surface area (Å²) in [5.41, 5.74) is 0.0355. The lowest BCUT2D eigenvalue weighted by Crippen LogP contribution is -2.49.